The van der Waals surface area contributed by atoms with Gasteiger partial charge in [-0.3, -0.25) is 0 Å². The molecule has 3 nitrogen and oxygen atoms in total. The van der Waals surface area contributed by atoms with Crippen molar-refractivity contribution in [3.8, 4) is 11.5 Å². The van der Waals surface area contributed by atoms with Crippen LogP contribution in [0, 0.1) is 6.92 Å². The molecule has 0 amide bonds. The first kappa shape index (κ1) is 15.0. The second kappa shape index (κ2) is 5.95. The SMILES string of the molecule is Cc1c(N)cccc1COc1ccc(OC(F)(F)F)cc1. The van der Waals surface area contributed by atoms with Gasteiger partial charge in [0, 0.05) is 5.69 Å². The quantitative estimate of drug-likeness (QED) is 0.866. The molecular weight excluding hydrogens is 283 g/mol. The average Bonchev–Trinajstić information content (AvgIpc) is 2.40. The molecule has 0 saturated heterocycles. The number of hydrogen-bond acceptors (Lipinski definition) is 3. The lowest BCUT2D eigenvalue weighted by molar-refractivity contribution is -0.274. The zero-order chi connectivity index (χ0) is 15.5. The van der Waals surface area contributed by atoms with E-state index in [1.54, 1.807) is 6.07 Å². The third-order valence-corrected chi connectivity index (χ3v) is 2.94. The standard InChI is InChI=1S/C15H14F3NO2/c1-10-11(3-2-4-14(10)19)9-20-12-5-7-13(8-6-12)21-15(16,17)18/h2-8H,9,19H2,1H3. The Kier molecular flexibility index (Phi) is 4.26. The van der Waals surface area contributed by atoms with Gasteiger partial charge in [0.05, 0.1) is 0 Å². The molecule has 2 aromatic rings. The van der Waals surface area contributed by atoms with Crippen LogP contribution in [0.1, 0.15) is 11.1 Å². The van der Waals surface area contributed by atoms with Gasteiger partial charge in [-0.05, 0) is 48.4 Å². The van der Waals surface area contributed by atoms with Crippen LogP contribution in [0.2, 0.25) is 0 Å². The molecule has 0 unspecified atom stereocenters. The lowest BCUT2D eigenvalue weighted by Gasteiger charge is -2.12. The van der Waals surface area contributed by atoms with Crippen LogP contribution in [0.15, 0.2) is 42.5 Å². The molecule has 0 aliphatic carbocycles. The Balaban J connectivity index is 1.99. The second-order valence-electron chi connectivity index (χ2n) is 4.44. The number of ether oxygens (including phenoxy) is 2. The molecule has 0 aliphatic heterocycles. The molecule has 0 radical (unpaired) electrons. The molecule has 0 fully saturated rings. The summed E-state index contributed by atoms with van der Waals surface area (Å²) in [7, 11) is 0. The third kappa shape index (κ3) is 4.30. The Hall–Kier alpha value is -2.37. The van der Waals surface area contributed by atoms with Crippen molar-refractivity contribution in [3.05, 3.63) is 53.6 Å². The van der Waals surface area contributed by atoms with Crippen LogP contribution in [-0.4, -0.2) is 6.36 Å². The van der Waals surface area contributed by atoms with Gasteiger partial charge < -0.3 is 15.2 Å². The molecule has 6 heteroatoms. The van der Waals surface area contributed by atoms with Crippen molar-refractivity contribution in [3.63, 3.8) is 0 Å². The van der Waals surface area contributed by atoms with Crippen molar-refractivity contribution in [2.75, 3.05) is 5.73 Å². The second-order valence-corrected chi connectivity index (χ2v) is 4.44. The van der Waals surface area contributed by atoms with E-state index in [9.17, 15) is 13.2 Å². The van der Waals surface area contributed by atoms with Crippen LogP contribution in [0.5, 0.6) is 11.5 Å². The predicted molar refractivity (Wildman–Crippen MR) is 73.0 cm³/mol. The number of nitrogens with two attached hydrogens (primary N) is 1. The van der Waals surface area contributed by atoms with Crippen molar-refractivity contribution < 1.29 is 22.6 Å². The van der Waals surface area contributed by atoms with Crippen molar-refractivity contribution in [2.45, 2.75) is 19.9 Å². The summed E-state index contributed by atoms with van der Waals surface area (Å²) < 4.78 is 45.4. The smallest absolute Gasteiger partial charge is 0.489 e. The highest BCUT2D eigenvalue weighted by Crippen LogP contribution is 2.25. The molecule has 2 aromatic carbocycles. The van der Waals surface area contributed by atoms with Crippen molar-refractivity contribution >= 4 is 5.69 Å². The molecule has 112 valence electrons. The maximum atomic E-state index is 12.0. The summed E-state index contributed by atoms with van der Waals surface area (Å²) in [5.74, 6) is 0.168. The van der Waals surface area contributed by atoms with Gasteiger partial charge in [0.2, 0.25) is 0 Å². The number of halogens is 3. The van der Waals surface area contributed by atoms with E-state index >= 15 is 0 Å². The van der Waals surface area contributed by atoms with Gasteiger partial charge in [0.15, 0.2) is 0 Å². The number of rotatable bonds is 4. The number of anilines is 1. The first-order valence-corrected chi connectivity index (χ1v) is 6.18. The predicted octanol–water partition coefficient (Wildman–Crippen LogP) is 4.05. The van der Waals surface area contributed by atoms with E-state index in [4.69, 9.17) is 10.5 Å². The molecular formula is C15H14F3NO2. The van der Waals surface area contributed by atoms with Gasteiger partial charge >= 0.3 is 6.36 Å². The summed E-state index contributed by atoms with van der Waals surface area (Å²) in [4.78, 5) is 0. The van der Waals surface area contributed by atoms with E-state index in [2.05, 4.69) is 4.74 Å². The van der Waals surface area contributed by atoms with Crippen LogP contribution in [0.4, 0.5) is 18.9 Å². The van der Waals surface area contributed by atoms with E-state index in [0.717, 1.165) is 11.1 Å². The minimum Gasteiger partial charge on any atom is -0.489 e. The average molecular weight is 297 g/mol. The fourth-order valence-corrected chi connectivity index (χ4v) is 1.76. The molecule has 0 atom stereocenters. The highest BCUT2D eigenvalue weighted by Gasteiger charge is 2.30. The Morgan fingerprint density at radius 1 is 1.00 bits per heavy atom. The highest BCUT2D eigenvalue weighted by atomic mass is 19.4. The first-order chi connectivity index (χ1) is 9.85. The van der Waals surface area contributed by atoms with E-state index < -0.39 is 6.36 Å². The molecule has 0 heterocycles. The topological polar surface area (TPSA) is 44.5 Å². The lowest BCUT2D eigenvalue weighted by Crippen LogP contribution is -2.16. The summed E-state index contributed by atoms with van der Waals surface area (Å²) in [5.41, 5.74) is 8.31. The van der Waals surface area contributed by atoms with Crippen molar-refractivity contribution in [1.29, 1.82) is 0 Å². The minimum atomic E-state index is -4.69. The van der Waals surface area contributed by atoms with Crippen LogP contribution in [0.25, 0.3) is 0 Å². The number of hydrogen-bond donors (Lipinski definition) is 1. The molecule has 0 spiro atoms. The van der Waals surface area contributed by atoms with Gasteiger partial charge in [0.1, 0.15) is 18.1 Å². The normalized spacial score (nSPS) is 11.2. The Morgan fingerprint density at radius 2 is 1.62 bits per heavy atom. The molecule has 0 bridgehead atoms. The Labute approximate surface area is 120 Å². The summed E-state index contributed by atoms with van der Waals surface area (Å²) in [6, 6.07) is 10.7. The minimum absolute atomic E-state index is 0.282. The maximum absolute atomic E-state index is 12.0. The zero-order valence-corrected chi connectivity index (χ0v) is 11.3. The first-order valence-electron chi connectivity index (χ1n) is 6.18. The van der Waals surface area contributed by atoms with Gasteiger partial charge in [-0.25, -0.2) is 0 Å². The van der Waals surface area contributed by atoms with Crippen molar-refractivity contribution in [1.82, 2.24) is 0 Å². The van der Waals surface area contributed by atoms with Gasteiger partial charge in [-0.1, -0.05) is 12.1 Å². The highest BCUT2D eigenvalue weighted by molar-refractivity contribution is 5.49. The number of nitrogen functional groups attached to an aromatic ring is 1. The molecule has 2 N–H and O–H groups in total. The van der Waals surface area contributed by atoms with Crippen molar-refractivity contribution in [2.24, 2.45) is 0 Å². The summed E-state index contributed by atoms with van der Waals surface area (Å²) >= 11 is 0. The fraction of sp³-hybridized carbons (Fsp3) is 0.200. The van der Waals surface area contributed by atoms with E-state index in [1.807, 2.05) is 19.1 Å². The van der Waals surface area contributed by atoms with Crippen LogP contribution in [0.3, 0.4) is 0 Å². The maximum Gasteiger partial charge on any atom is 0.573 e. The number of alkyl halides is 3. The largest absolute Gasteiger partial charge is 0.573 e. The molecule has 0 saturated carbocycles. The monoisotopic (exact) mass is 297 g/mol. The van der Waals surface area contributed by atoms with Gasteiger partial charge in [0.25, 0.3) is 0 Å². The van der Waals surface area contributed by atoms with Crippen LogP contribution < -0.4 is 15.2 Å². The van der Waals surface area contributed by atoms with Gasteiger partial charge in [-0.2, -0.15) is 0 Å². The molecule has 2 rings (SSSR count). The van der Waals surface area contributed by atoms with E-state index in [1.165, 1.54) is 24.3 Å². The zero-order valence-electron chi connectivity index (χ0n) is 11.3. The molecule has 0 aromatic heterocycles. The summed E-state index contributed by atoms with van der Waals surface area (Å²) in [6.45, 7) is 2.17. The third-order valence-electron chi connectivity index (χ3n) is 2.94. The van der Waals surface area contributed by atoms with E-state index in [-0.39, 0.29) is 12.4 Å². The lowest BCUT2D eigenvalue weighted by atomic mass is 10.1. The van der Waals surface area contributed by atoms with Crippen LogP contribution in [-0.2, 0) is 6.61 Å². The fourth-order valence-electron chi connectivity index (χ4n) is 1.76. The van der Waals surface area contributed by atoms with Crippen LogP contribution >= 0.6 is 0 Å². The van der Waals surface area contributed by atoms with E-state index in [0.29, 0.717) is 11.4 Å². The summed E-state index contributed by atoms with van der Waals surface area (Å²) in [6.07, 6.45) is -4.69. The Bertz CT molecular complexity index is 609. The summed E-state index contributed by atoms with van der Waals surface area (Å²) in [5, 5.41) is 0. The number of benzene rings is 2. The van der Waals surface area contributed by atoms with Gasteiger partial charge in [-0.15, -0.1) is 13.2 Å². The molecule has 0 aliphatic rings. The molecule has 21 heavy (non-hydrogen) atoms. The Morgan fingerprint density at radius 3 is 2.24 bits per heavy atom.